The fraction of sp³-hybridized carbons (Fsp3) is 0.737. The molecule has 26 heavy (non-hydrogen) atoms. The van der Waals surface area contributed by atoms with E-state index in [2.05, 4.69) is 39.1 Å². The monoisotopic (exact) mass is 360 g/mol. The number of hydrogen-bond acceptors (Lipinski definition) is 6. The van der Waals surface area contributed by atoms with Crippen molar-refractivity contribution in [2.24, 2.45) is 0 Å². The topological polar surface area (TPSA) is 64.6 Å². The standard InChI is InChI=1S/C19H32N6O/c1-14(24-11-9-23(4)10-12-24)5-7-20-19-17-6-8-25(16(3)26)13-18(17)21-15(2)22-19/h14H,5-13H2,1-4H3,(H,20,21,22). The summed E-state index contributed by atoms with van der Waals surface area (Å²) in [5, 5.41) is 3.54. The number of piperazine rings is 1. The number of aromatic nitrogens is 2. The van der Waals surface area contributed by atoms with E-state index in [0.29, 0.717) is 12.6 Å². The van der Waals surface area contributed by atoms with Crippen LogP contribution >= 0.6 is 0 Å². The molecule has 7 heteroatoms. The van der Waals surface area contributed by atoms with Gasteiger partial charge < -0.3 is 15.1 Å². The second-order valence-electron chi connectivity index (χ2n) is 7.64. The Hall–Kier alpha value is -1.73. The molecule has 1 aromatic heterocycles. The Labute approximate surface area is 156 Å². The van der Waals surface area contributed by atoms with E-state index in [9.17, 15) is 4.79 Å². The maximum atomic E-state index is 11.7. The molecule has 0 spiro atoms. The molecule has 0 bridgehead atoms. The first-order chi connectivity index (χ1) is 12.4. The van der Waals surface area contributed by atoms with E-state index >= 15 is 0 Å². The van der Waals surface area contributed by atoms with Crippen molar-refractivity contribution in [3.63, 3.8) is 0 Å². The van der Waals surface area contributed by atoms with E-state index in [1.165, 1.54) is 5.56 Å². The van der Waals surface area contributed by atoms with E-state index in [4.69, 9.17) is 0 Å². The molecule has 0 aromatic carbocycles. The van der Waals surface area contributed by atoms with E-state index in [1.807, 2.05) is 11.8 Å². The number of hydrogen-bond donors (Lipinski definition) is 1. The van der Waals surface area contributed by atoms with Crippen molar-refractivity contribution in [3.05, 3.63) is 17.1 Å². The van der Waals surface area contributed by atoms with Crippen LogP contribution in [-0.4, -0.2) is 82.9 Å². The first-order valence-corrected chi connectivity index (χ1v) is 9.72. The van der Waals surface area contributed by atoms with Gasteiger partial charge in [0, 0.05) is 57.8 Å². The summed E-state index contributed by atoms with van der Waals surface area (Å²) >= 11 is 0. The summed E-state index contributed by atoms with van der Waals surface area (Å²) in [5.41, 5.74) is 2.17. The van der Waals surface area contributed by atoms with Crippen molar-refractivity contribution in [1.29, 1.82) is 0 Å². The fourth-order valence-corrected chi connectivity index (χ4v) is 3.81. The third-order valence-electron chi connectivity index (χ3n) is 5.64. The van der Waals surface area contributed by atoms with Gasteiger partial charge in [0.15, 0.2) is 0 Å². The Bertz CT molecular complexity index is 641. The van der Waals surface area contributed by atoms with E-state index in [1.54, 1.807) is 6.92 Å². The zero-order chi connectivity index (χ0) is 18.7. The minimum atomic E-state index is 0.113. The molecule has 2 aliphatic rings. The van der Waals surface area contributed by atoms with Crippen LogP contribution in [0.2, 0.25) is 0 Å². The fourth-order valence-electron chi connectivity index (χ4n) is 3.81. The Kier molecular flexibility index (Phi) is 6.09. The second-order valence-corrected chi connectivity index (χ2v) is 7.64. The Morgan fingerprint density at radius 2 is 1.92 bits per heavy atom. The minimum absolute atomic E-state index is 0.113. The normalized spacial score (nSPS) is 19.9. The van der Waals surface area contributed by atoms with E-state index in [0.717, 1.165) is 69.4 Å². The lowest BCUT2D eigenvalue weighted by atomic mass is 10.0. The largest absolute Gasteiger partial charge is 0.370 e. The molecule has 3 rings (SSSR count). The van der Waals surface area contributed by atoms with Crippen molar-refractivity contribution >= 4 is 11.7 Å². The van der Waals surface area contributed by atoms with Crippen LogP contribution < -0.4 is 5.32 Å². The molecule has 1 amide bonds. The average molecular weight is 361 g/mol. The van der Waals surface area contributed by atoms with Crippen LogP contribution in [-0.2, 0) is 17.8 Å². The van der Waals surface area contributed by atoms with Gasteiger partial charge >= 0.3 is 0 Å². The maximum Gasteiger partial charge on any atom is 0.219 e. The third kappa shape index (κ3) is 4.51. The highest BCUT2D eigenvalue weighted by Crippen LogP contribution is 2.24. The van der Waals surface area contributed by atoms with Gasteiger partial charge in [-0.25, -0.2) is 9.97 Å². The first kappa shape index (κ1) is 19.0. The molecular weight excluding hydrogens is 328 g/mol. The summed E-state index contributed by atoms with van der Waals surface area (Å²) in [6.07, 6.45) is 1.92. The highest BCUT2D eigenvalue weighted by atomic mass is 16.2. The molecular formula is C19H32N6O. The lowest BCUT2D eigenvalue weighted by Gasteiger charge is -2.36. The zero-order valence-corrected chi connectivity index (χ0v) is 16.6. The highest BCUT2D eigenvalue weighted by molar-refractivity contribution is 5.73. The Balaban J connectivity index is 1.58. The summed E-state index contributed by atoms with van der Waals surface area (Å²) in [5.74, 6) is 1.84. The molecule has 144 valence electrons. The summed E-state index contributed by atoms with van der Waals surface area (Å²) < 4.78 is 0. The van der Waals surface area contributed by atoms with Crippen LogP contribution in [0.4, 0.5) is 5.82 Å². The lowest BCUT2D eigenvalue weighted by molar-refractivity contribution is -0.129. The van der Waals surface area contributed by atoms with Crippen molar-refractivity contribution < 1.29 is 4.79 Å². The summed E-state index contributed by atoms with van der Waals surface area (Å²) in [6.45, 7) is 12.7. The molecule has 1 unspecified atom stereocenters. The third-order valence-corrected chi connectivity index (χ3v) is 5.64. The maximum absolute atomic E-state index is 11.7. The summed E-state index contributed by atoms with van der Waals surface area (Å²) in [6, 6.07) is 0.572. The van der Waals surface area contributed by atoms with Gasteiger partial charge in [0.1, 0.15) is 11.6 Å². The van der Waals surface area contributed by atoms with Crippen molar-refractivity contribution in [3.8, 4) is 0 Å². The lowest BCUT2D eigenvalue weighted by Crippen LogP contribution is -2.48. The number of amides is 1. The number of rotatable bonds is 5. The molecule has 1 N–H and O–H groups in total. The van der Waals surface area contributed by atoms with Crippen LogP contribution in [0.3, 0.4) is 0 Å². The van der Waals surface area contributed by atoms with Gasteiger partial charge in [0.25, 0.3) is 0 Å². The van der Waals surface area contributed by atoms with Crippen molar-refractivity contribution in [2.45, 2.75) is 46.2 Å². The van der Waals surface area contributed by atoms with Gasteiger partial charge in [0.05, 0.1) is 12.2 Å². The molecule has 0 saturated carbocycles. The molecule has 1 saturated heterocycles. The molecule has 1 atom stereocenters. The quantitative estimate of drug-likeness (QED) is 0.849. The smallest absolute Gasteiger partial charge is 0.219 e. The predicted molar refractivity (Wildman–Crippen MR) is 103 cm³/mol. The van der Waals surface area contributed by atoms with Crippen molar-refractivity contribution in [2.75, 3.05) is 51.6 Å². The van der Waals surface area contributed by atoms with E-state index in [-0.39, 0.29) is 5.91 Å². The van der Waals surface area contributed by atoms with Gasteiger partial charge in [-0.15, -0.1) is 0 Å². The SMILES string of the molecule is CC(=O)N1CCc2c(nc(C)nc2NCCC(C)N2CCN(C)CC2)C1. The number of carbonyl (C=O) groups is 1. The van der Waals surface area contributed by atoms with Crippen LogP contribution in [0.1, 0.15) is 37.4 Å². The molecule has 7 nitrogen and oxygen atoms in total. The highest BCUT2D eigenvalue weighted by Gasteiger charge is 2.23. The molecule has 0 radical (unpaired) electrons. The molecule has 3 heterocycles. The number of anilines is 1. The van der Waals surface area contributed by atoms with Gasteiger partial charge in [-0.1, -0.05) is 0 Å². The molecule has 0 aliphatic carbocycles. The number of likely N-dealkylation sites (N-methyl/N-ethyl adjacent to an activating group) is 1. The van der Waals surface area contributed by atoms with Crippen LogP contribution in [0.15, 0.2) is 0 Å². The first-order valence-electron chi connectivity index (χ1n) is 9.72. The predicted octanol–water partition coefficient (Wildman–Crippen LogP) is 1.13. The number of carbonyl (C=O) groups excluding carboxylic acids is 1. The number of fused-ring (bicyclic) bond motifs is 1. The van der Waals surface area contributed by atoms with Crippen molar-refractivity contribution in [1.82, 2.24) is 24.7 Å². The van der Waals surface area contributed by atoms with Crippen LogP contribution in [0.5, 0.6) is 0 Å². The molecule has 1 fully saturated rings. The van der Waals surface area contributed by atoms with E-state index < -0.39 is 0 Å². The number of aryl methyl sites for hydroxylation is 1. The van der Waals surface area contributed by atoms with Crippen LogP contribution in [0, 0.1) is 6.92 Å². The molecule has 2 aliphatic heterocycles. The Morgan fingerprint density at radius 3 is 2.62 bits per heavy atom. The van der Waals surface area contributed by atoms with Gasteiger partial charge in [-0.05, 0) is 33.7 Å². The van der Waals surface area contributed by atoms with Gasteiger partial charge in [-0.2, -0.15) is 0 Å². The number of nitrogens with one attached hydrogen (secondary N) is 1. The van der Waals surface area contributed by atoms with Gasteiger partial charge in [0.2, 0.25) is 5.91 Å². The average Bonchev–Trinajstić information content (AvgIpc) is 2.61. The Morgan fingerprint density at radius 1 is 1.19 bits per heavy atom. The summed E-state index contributed by atoms with van der Waals surface area (Å²) in [4.78, 5) is 27.7. The minimum Gasteiger partial charge on any atom is -0.370 e. The molecule has 1 aromatic rings. The number of nitrogens with zero attached hydrogens (tertiary/aromatic N) is 5. The zero-order valence-electron chi connectivity index (χ0n) is 16.6. The van der Waals surface area contributed by atoms with Crippen LogP contribution in [0.25, 0.3) is 0 Å². The summed E-state index contributed by atoms with van der Waals surface area (Å²) in [7, 11) is 2.19. The second kappa shape index (κ2) is 8.31. The van der Waals surface area contributed by atoms with Gasteiger partial charge in [-0.3, -0.25) is 9.69 Å².